The van der Waals surface area contributed by atoms with Crippen molar-refractivity contribution < 1.29 is 4.79 Å². The SMILES string of the molecule is Cc1ccncc1CNC(=O)Cn1ccc(N)n1. The van der Waals surface area contributed by atoms with Crippen LogP contribution in [0.3, 0.4) is 0 Å². The zero-order valence-electron chi connectivity index (χ0n) is 10.1. The Bertz CT molecular complexity index is 549. The third kappa shape index (κ3) is 3.07. The summed E-state index contributed by atoms with van der Waals surface area (Å²) in [5.41, 5.74) is 7.58. The largest absolute Gasteiger partial charge is 0.382 e. The number of hydrogen-bond acceptors (Lipinski definition) is 4. The number of carbonyl (C=O) groups is 1. The van der Waals surface area contributed by atoms with Gasteiger partial charge in [-0.1, -0.05) is 0 Å². The van der Waals surface area contributed by atoms with E-state index in [9.17, 15) is 4.79 Å². The maximum Gasteiger partial charge on any atom is 0.242 e. The van der Waals surface area contributed by atoms with Crippen molar-refractivity contribution in [3.63, 3.8) is 0 Å². The molecule has 0 unspecified atom stereocenters. The molecule has 2 aromatic rings. The van der Waals surface area contributed by atoms with Crippen molar-refractivity contribution in [1.82, 2.24) is 20.1 Å². The Labute approximate surface area is 105 Å². The van der Waals surface area contributed by atoms with Gasteiger partial charge in [0.25, 0.3) is 0 Å². The zero-order chi connectivity index (χ0) is 13.0. The summed E-state index contributed by atoms with van der Waals surface area (Å²) in [4.78, 5) is 15.7. The maximum atomic E-state index is 11.7. The van der Waals surface area contributed by atoms with Crippen LogP contribution < -0.4 is 11.1 Å². The molecule has 0 fully saturated rings. The molecule has 18 heavy (non-hydrogen) atoms. The van der Waals surface area contributed by atoms with Crippen LogP contribution in [0.5, 0.6) is 0 Å². The number of carbonyl (C=O) groups excluding carboxylic acids is 1. The molecule has 0 radical (unpaired) electrons. The van der Waals surface area contributed by atoms with Crippen molar-refractivity contribution in [2.75, 3.05) is 5.73 Å². The Balaban J connectivity index is 1.87. The fraction of sp³-hybridized carbons (Fsp3) is 0.250. The number of pyridine rings is 1. The van der Waals surface area contributed by atoms with Gasteiger partial charge in [0.1, 0.15) is 12.4 Å². The van der Waals surface area contributed by atoms with Crippen molar-refractivity contribution in [3.8, 4) is 0 Å². The van der Waals surface area contributed by atoms with E-state index in [1.807, 2.05) is 13.0 Å². The molecule has 2 rings (SSSR count). The second-order valence-electron chi connectivity index (χ2n) is 4.02. The molecule has 0 saturated heterocycles. The fourth-order valence-electron chi connectivity index (χ4n) is 1.54. The highest BCUT2D eigenvalue weighted by molar-refractivity contribution is 5.75. The van der Waals surface area contributed by atoms with Gasteiger partial charge in [0, 0.05) is 25.1 Å². The topological polar surface area (TPSA) is 85.8 Å². The van der Waals surface area contributed by atoms with Crippen molar-refractivity contribution in [2.45, 2.75) is 20.0 Å². The van der Waals surface area contributed by atoms with Gasteiger partial charge in [-0.3, -0.25) is 14.5 Å². The van der Waals surface area contributed by atoms with E-state index in [4.69, 9.17) is 5.73 Å². The van der Waals surface area contributed by atoms with Crippen LogP contribution in [-0.2, 0) is 17.9 Å². The van der Waals surface area contributed by atoms with Crippen molar-refractivity contribution in [2.24, 2.45) is 0 Å². The van der Waals surface area contributed by atoms with Gasteiger partial charge >= 0.3 is 0 Å². The van der Waals surface area contributed by atoms with E-state index in [1.165, 1.54) is 4.68 Å². The van der Waals surface area contributed by atoms with Crippen LogP contribution in [0.25, 0.3) is 0 Å². The van der Waals surface area contributed by atoms with Crippen LogP contribution in [0, 0.1) is 6.92 Å². The van der Waals surface area contributed by atoms with E-state index in [0.29, 0.717) is 12.4 Å². The number of rotatable bonds is 4. The van der Waals surface area contributed by atoms with Gasteiger partial charge in [-0.2, -0.15) is 5.10 Å². The smallest absolute Gasteiger partial charge is 0.242 e. The summed E-state index contributed by atoms with van der Waals surface area (Å²) in [5.74, 6) is 0.298. The van der Waals surface area contributed by atoms with Gasteiger partial charge < -0.3 is 11.1 Å². The molecule has 94 valence electrons. The summed E-state index contributed by atoms with van der Waals surface area (Å²) in [6.07, 6.45) is 5.15. The highest BCUT2D eigenvalue weighted by Gasteiger charge is 2.05. The highest BCUT2D eigenvalue weighted by atomic mass is 16.2. The van der Waals surface area contributed by atoms with E-state index >= 15 is 0 Å². The molecular weight excluding hydrogens is 230 g/mol. The Kier molecular flexibility index (Phi) is 3.57. The molecule has 2 aromatic heterocycles. The maximum absolute atomic E-state index is 11.7. The minimum Gasteiger partial charge on any atom is -0.382 e. The van der Waals surface area contributed by atoms with Gasteiger partial charge in [0.2, 0.25) is 5.91 Å². The van der Waals surface area contributed by atoms with Crippen molar-refractivity contribution in [3.05, 3.63) is 41.9 Å². The molecule has 0 aliphatic carbocycles. The monoisotopic (exact) mass is 245 g/mol. The lowest BCUT2D eigenvalue weighted by molar-refractivity contribution is -0.122. The normalized spacial score (nSPS) is 10.3. The molecule has 0 spiro atoms. The molecule has 0 aliphatic rings. The zero-order valence-corrected chi connectivity index (χ0v) is 10.1. The first kappa shape index (κ1) is 12.1. The van der Waals surface area contributed by atoms with Crippen LogP contribution in [0.2, 0.25) is 0 Å². The molecule has 0 aromatic carbocycles. The van der Waals surface area contributed by atoms with E-state index in [2.05, 4.69) is 15.4 Å². The van der Waals surface area contributed by atoms with Crippen molar-refractivity contribution >= 4 is 11.7 Å². The Hall–Kier alpha value is -2.37. The molecule has 6 nitrogen and oxygen atoms in total. The first-order chi connectivity index (χ1) is 8.65. The van der Waals surface area contributed by atoms with E-state index in [1.54, 1.807) is 24.7 Å². The van der Waals surface area contributed by atoms with Crippen LogP contribution in [0.15, 0.2) is 30.7 Å². The second-order valence-corrected chi connectivity index (χ2v) is 4.02. The lowest BCUT2D eigenvalue weighted by atomic mass is 10.1. The van der Waals surface area contributed by atoms with Crippen molar-refractivity contribution in [1.29, 1.82) is 0 Å². The number of amides is 1. The number of nitrogens with one attached hydrogen (secondary N) is 1. The first-order valence-corrected chi connectivity index (χ1v) is 5.60. The fourth-order valence-corrected chi connectivity index (χ4v) is 1.54. The molecule has 0 saturated carbocycles. The molecule has 3 N–H and O–H groups in total. The minimum atomic E-state index is -0.110. The lowest BCUT2D eigenvalue weighted by Gasteiger charge is -2.07. The standard InChI is InChI=1S/C12H15N5O/c1-9-2-4-14-6-10(9)7-15-12(18)8-17-5-3-11(13)16-17/h2-6H,7-8H2,1H3,(H2,13,16)(H,15,18). The Morgan fingerprint density at radius 3 is 3.00 bits per heavy atom. The average molecular weight is 245 g/mol. The summed E-state index contributed by atoms with van der Waals surface area (Å²) < 4.78 is 1.50. The Morgan fingerprint density at radius 2 is 2.33 bits per heavy atom. The summed E-state index contributed by atoms with van der Waals surface area (Å²) in [6, 6.07) is 3.56. The van der Waals surface area contributed by atoms with Crippen LogP contribution in [-0.4, -0.2) is 20.7 Å². The van der Waals surface area contributed by atoms with Crippen LogP contribution >= 0.6 is 0 Å². The average Bonchev–Trinajstić information content (AvgIpc) is 2.74. The summed E-state index contributed by atoms with van der Waals surface area (Å²) in [5, 5.41) is 6.76. The summed E-state index contributed by atoms with van der Waals surface area (Å²) in [7, 11) is 0. The number of nitrogen functional groups attached to an aromatic ring is 1. The molecule has 6 heteroatoms. The third-order valence-corrected chi connectivity index (χ3v) is 2.59. The van der Waals surface area contributed by atoms with Crippen LogP contribution in [0.1, 0.15) is 11.1 Å². The predicted octanol–water partition coefficient (Wildman–Crippen LogP) is 0.485. The lowest BCUT2D eigenvalue weighted by Crippen LogP contribution is -2.27. The van der Waals surface area contributed by atoms with Gasteiger partial charge in [-0.05, 0) is 30.2 Å². The predicted molar refractivity (Wildman–Crippen MR) is 67.5 cm³/mol. The van der Waals surface area contributed by atoms with Gasteiger partial charge in [-0.25, -0.2) is 0 Å². The summed E-state index contributed by atoms with van der Waals surface area (Å²) in [6.45, 7) is 2.61. The van der Waals surface area contributed by atoms with E-state index in [-0.39, 0.29) is 12.5 Å². The van der Waals surface area contributed by atoms with E-state index in [0.717, 1.165) is 11.1 Å². The molecule has 0 aliphatic heterocycles. The molecule has 1 amide bonds. The third-order valence-electron chi connectivity index (χ3n) is 2.59. The van der Waals surface area contributed by atoms with E-state index < -0.39 is 0 Å². The quantitative estimate of drug-likeness (QED) is 0.820. The van der Waals surface area contributed by atoms with Gasteiger partial charge in [0.15, 0.2) is 0 Å². The summed E-state index contributed by atoms with van der Waals surface area (Å²) >= 11 is 0. The number of aromatic nitrogens is 3. The van der Waals surface area contributed by atoms with Gasteiger partial charge in [-0.15, -0.1) is 0 Å². The highest BCUT2D eigenvalue weighted by Crippen LogP contribution is 2.04. The second kappa shape index (κ2) is 5.31. The van der Waals surface area contributed by atoms with Crippen LogP contribution in [0.4, 0.5) is 5.82 Å². The number of hydrogen-bond donors (Lipinski definition) is 2. The number of anilines is 1. The number of aryl methyl sites for hydroxylation is 1. The molecular formula is C12H15N5O. The Morgan fingerprint density at radius 1 is 1.50 bits per heavy atom. The van der Waals surface area contributed by atoms with Gasteiger partial charge in [0.05, 0.1) is 0 Å². The first-order valence-electron chi connectivity index (χ1n) is 5.60. The minimum absolute atomic E-state index is 0.110. The molecule has 0 bridgehead atoms. The molecule has 2 heterocycles. The number of nitrogens with zero attached hydrogens (tertiary/aromatic N) is 3. The number of nitrogens with two attached hydrogens (primary N) is 1. The molecule has 0 atom stereocenters.